The van der Waals surface area contributed by atoms with E-state index in [0.717, 1.165) is 30.8 Å². The Morgan fingerprint density at radius 2 is 1.38 bits per heavy atom. The summed E-state index contributed by atoms with van der Waals surface area (Å²) in [6.07, 6.45) is 8.03. The predicted molar refractivity (Wildman–Crippen MR) is 111 cm³/mol. The average molecular weight is 352 g/mol. The van der Waals surface area contributed by atoms with Gasteiger partial charge in [0.2, 0.25) is 0 Å². The van der Waals surface area contributed by atoms with Gasteiger partial charge in [0, 0.05) is 17.7 Å². The molecule has 2 nitrogen and oxygen atoms in total. The minimum Gasteiger partial charge on any atom is -0.299 e. The second-order valence-corrected chi connectivity index (χ2v) is 7.03. The molecule has 0 aliphatic heterocycles. The number of ketones is 1. The smallest absolute Gasteiger partial charge is 0.193 e. The van der Waals surface area contributed by atoms with E-state index in [9.17, 15) is 4.79 Å². The van der Waals surface area contributed by atoms with Crippen LogP contribution in [-0.4, -0.2) is 23.8 Å². The summed E-state index contributed by atoms with van der Waals surface area (Å²) < 4.78 is 0. The molecule has 0 spiro atoms. The Bertz CT molecular complexity index is 633. The molecule has 0 radical (unpaired) electrons. The molecule has 0 aliphatic rings. The summed E-state index contributed by atoms with van der Waals surface area (Å²) in [4.78, 5) is 15.0. The van der Waals surface area contributed by atoms with Crippen LogP contribution in [0.3, 0.4) is 0 Å². The molecule has 0 bridgehead atoms. The molecule has 2 aromatic carbocycles. The Labute approximate surface area is 159 Å². The molecule has 0 atom stereocenters. The number of unbranched alkanes of at least 4 members (excludes halogenated alkanes) is 5. The van der Waals surface area contributed by atoms with E-state index < -0.39 is 0 Å². The van der Waals surface area contributed by atoms with E-state index in [2.05, 4.69) is 30.9 Å². The van der Waals surface area contributed by atoms with Crippen molar-refractivity contribution in [1.82, 2.24) is 4.90 Å². The lowest BCUT2D eigenvalue weighted by Crippen LogP contribution is -2.24. The van der Waals surface area contributed by atoms with Gasteiger partial charge in [-0.3, -0.25) is 9.69 Å². The summed E-state index contributed by atoms with van der Waals surface area (Å²) in [6.45, 7) is 7.68. The Morgan fingerprint density at radius 1 is 0.769 bits per heavy atom. The van der Waals surface area contributed by atoms with Gasteiger partial charge in [-0.15, -0.1) is 0 Å². The number of benzene rings is 2. The fraction of sp³-hybridized carbons (Fsp3) is 0.458. The first-order valence-corrected chi connectivity index (χ1v) is 10.2. The van der Waals surface area contributed by atoms with Crippen LogP contribution in [0.5, 0.6) is 0 Å². The van der Waals surface area contributed by atoms with Crippen LogP contribution in [-0.2, 0) is 6.54 Å². The van der Waals surface area contributed by atoms with Crippen molar-refractivity contribution >= 4 is 5.78 Å². The zero-order valence-corrected chi connectivity index (χ0v) is 16.4. The number of nitrogens with zero attached hydrogens (tertiary/aromatic N) is 1. The Kier molecular flexibility index (Phi) is 9.13. The normalized spacial score (nSPS) is 11.0. The molecule has 2 rings (SSSR count). The first kappa shape index (κ1) is 20.4. The number of rotatable bonds is 12. The van der Waals surface area contributed by atoms with Gasteiger partial charge in [0.25, 0.3) is 0 Å². The third-order valence-electron chi connectivity index (χ3n) is 4.93. The van der Waals surface area contributed by atoms with Gasteiger partial charge in [0.15, 0.2) is 5.78 Å². The highest BCUT2D eigenvalue weighted by molar-refractivity contribution is 6.08. The van der Waals surface area contributed by atoms with Crippen LogP contribution in [0.4, 0.5) is 0 Å². The molecule has 26 heavy (non-hydrogen) atoms. The minimum absolute atomic E-state index is 0.0941. The van der Waals surface area contributed by atoms with Gasteiger partial charge in [0.05, 0.1) is 0 Å². The first-order chi connectivity index (χ1) is 12.7. The van der Waals surface area contributed by atoms with E-state index in [4.69, 9.17) is 0 Å². The molecule has 0 aromatic heterocycles. The van der Waals surface area contributed by atoms with Crippen LogP contribution < -0.4 is 0 Å². The highest BCUT2D eigenvalue weighted by Gasteiger charge is 2.09. The van der Waals surface area contributed by atoms with E-state index in [-0.39, 0.29) is 5.78 Å². The maximum absolute atomic E-state index is 12.5. The SMILES string of the molecule is CCCCCCCCN(CC)Cc1ccc(C(=O)c2ccccc2)cc1. The Morgan fingerprint density at radius 3 is 2.04 bits per heavy atom. The molecule has 0 fully saturated rings. The van der Waals surface area contributed by atoms with Crippen molar-refractivity contribution in [2.45, 2.75) is 58.9 Å². The zero-order chi connectivity index (χ0) is 18.6. The Hall–Kier alpha value is -1.93. The maximum Gasteiger partial charge on any atom is 0.193 e. The van der Waals surface area contributed by atoms with E-state index in [1.165, 1.54) is 44.1 Å². The molecule has 0 N–H and O–H groups in total. The fourth-order valence-corrected chi connectivity index (χ4v) is 3.24. The summed E-state index contributed by atoms with van der Waals surface area (Å²) >= 11 is 0. The van der Waals surface area contributed by atoms with Gasteiger partial charge < -0.3 is 0 Å². The van der Waals surface area contributed by atoms with E-state index in [1.54, 1.807) is 0 Å². The maximum atomic E-state index is 12.5. The van der Waals surface area contributed by atoms with Crippen LogP contribution in [0.2, 0.25) is 0 Å². The summed E-state index contributed by atoms with van der Waals surface area (Å²) in [5.41, 5.74) is 2.79. The summed E-state index contributed by atoms with van der Waals surface area (Å²) in [7, 11) is 0. The molecule has 2 heteroatoms. The number of hydrogen-bond donors (Lipinski definition) is 0. The van der Waals surface area contributed by atoms with Crippen LogP contribution in [0.1, 0.15) is 73.9 Å². The second kappa shape index (κ2) is 11.6. The molecular weight excluding hydrogens is 318 g/mol. The average Bonchev–Trinajstić information content (AvgIpc) is 2.70. The van der Waals surface area contributed by atoms with Gasteiger partial charge in [-0.25, -0.2) is 0 Å². The quantitative estimate of drug-likeness (QED) is 0.340. The fourth-order valence-electron chi connectivity index (χ4n) is 3.24. The lowest BCUT2D eigenvalue weighted by Gasteiger charge is -2.20. The van der Waals surface area contributed by atoms with Gasteiger partial charge in [-0.1, -0.05) is 101 Å². The van der Waals surface area contributed by atoms with Crippen molar-refractivity contribution in [3.05, 3.63) is 71.3 Å². The summed E-state index contributed by atoms with van der Waals surface area (Å²) in [6, 6.07) is 17.6. The lowest BCUT2D eigenvalue weighted by molar-refractivity contribution is 0.103. The van der Waals surface area contributed by atoms with E-state index in [1.807, 2.05) is 42.5 Å². The topological polar surface area (TPSA) is 20.3 Å². The third-order valence-corrected chi connectivity index (χ3v) is 4.93. The molecule has 0 heterocycles. The number of carbonyl (C=O) groups excluding carboxylic acids is 1. The van der Waals surface area contributed by atoms with Crippen molar-refractivity contribution in [2.75, 3.05) is 13.1 Å². The molecule has 0 aliphatic carbocycles. The lowest BCUT2D eigenvalue weighted by atomic mass is 10.0. The molecular formula is C24H33NO. The van der Waals surface area contributed by atoms with Crippen LogP contribution in [0.15, 0.2) is 54.6 Å². The summed E-state index contributed by atoms with van der Waals surface area (Å²) in [5.74, 6) is 0.0941. The van der Waals surface area contributed by atoms with Crippen LogP contribution >= 0.6 is 0 Å². The molecule has 2 aromatic rings. The largest absolute Gasteiger partial charge is 0.299 e. The van der Waals surface area contributed by atoms with Crippen molar-refractivity contribution in [3.63, 3.8) is 0 Å². The Balaban J connectivity index is 1.82. The highest BCUT2D eigenvalue weighted by Crippen LogP contribution is 2.13. The van der Waals surface area contributed by atoms with Gasteiger partial charge in [-0.05, 0) is 25.1 Å². The van der Waals surface area contributed by atoms with Crippen molar-refractivity contribution in [2.24, 2.45) is 0 Å². The van der Waals surface area contributed by atoms with Crippen LogP contribution in [0.25, 0.3) is 0 Å². The minimum atomic E-state index is 0.0941. The van der Waals surface area contributed by atoms with Gasteiger partial charge >= 0.3 is 0 Å². The van der Waals surface area contributed by atoms with Gasteiger partial charge in [0.1, 0.15) is 0 Å². The zero-order valence-electron chi connectivity index (χ0n) is 16.4. The predicted octanol–water partition coefficient (Wildman–Crippen LogP) is 6.10. The second-order valence-electron chi connectivity index (χ2n) is 7.03. The molecule has 0 amide bonds. The van der Waals surface area contributed by atoms with Crippen molar-refractivity contribution in [3.8, 4) is 0 Å². The van der Waals surface area contributed by atoms with Gasteiger partial charge in [-0.2, -0.15) is 0 Å². The van der Waals surface area contributed by atoms with E-state index >= 15 is 0 Å². The van der Waals surface area contributed by atoms with Crippen LogP contribution in [0, 0.1) is 0 Å². The molecule has 0 saturated heterocycles. The standard InChI is InChI=1S/C24H33NO/c1-3-5-6-7-8-12-19-25(4-2)20-21-15-17-23(18-16-21)24(26)22-13-10-9-11-14-22/h9-11,13-18H,3-8,12,19-20H2,1-2H3. The third kappa shape index (κ3) is 6.76. The van der Waals surface area contributed by atoms with E-state index in [0.29, 0.717) is 0 Å². The highest BCUT2D eigenvalue weighted by atomic mass is 16.1. The summed E-state index contributed by atoms with van der Waals surface area (Å²) in [5, 5.41) is 0. The van der Waals surface area contributed by atoms with Crippen molar-refractivity contribution in [1.29, 1.82) is 0 Å². The molecule has 0 saturated carbocycles. The monoisotopic (exact) mass is 351 g/mol. The molecule has 0 unspecified atom stereocenters. The number of hydrogen-bond acceptors (Lipinski definition) is 2. The number of carbonyl (C=O) groups is 1. The first-order valence-electron chi connectivity index (χ1n) is 10.2. The molecule has 140 valence electrons. The van der Waals surface area contributed by atoms with Crippen molar-refractivity contribution < 1.29 is 4.79 Å².